The first kappa shape index (κ1) is 12.3. The van der Waals surface area contributed by atoms with Gasteiger partial charge in [-0.25, -0.2) is 15.4 Å². The van der Waals surface area contributed by atoms with Gasteiger partial charge >= 0.3 is 0 Å². The Hall–Kier alpha value is -2.73. The minimum atomic E-state index is -0.397. The Labute approximate surface area is 115 Å². The molecule has 0 radical (unpaired) electrons. The molecule has 0 fully saturated rings. The van der Waals surface area contributed by atoms with Gasteiger partial charge in [-0.2, -0.15) is 0 Å². The van der Waals surface area contributed by atoms with E-state index in [1.807, 2.05) is 30.3 Å². The van der Waals surface area contributed by atoms with Crippen LogP contribution >= 0.6 is 0 Å². The number of nitrogens with zero attached hydrogens (tertiary/aromatic N) is 3. The van der Waals surface area contributed by atoms with E-state index in [9.17, 15) is 4.79 Å². The summed E-state index contributed by atoms with van der Waals surface area (Å²) in [6, 6.07) is 11.3. The molecule has 0 bridgehead atoms. The number of carbonyl (C=O) groups excluding carboxylic acids is 1. The van der Waals surface area contributed by atoms with Crippen molar-refractivity contribution in [1.29, 1.82) is 0 Å². The highest BCUT2D eigenvalue weighted by atomic mass is 16.6. The molecule has 20 heavy (non-hydrogen) atoms. The van der Waals surface area contributed by atoms with Gasteiger partial charge in [0.25, 0.3) is 5.91 Å². The van der Waals surface area contributed by atoms with Crippen molar-refractivity contribution in [2.75, 3.05) is 0 Å². The maximum Gasteiger partial charge on any atom is 0.295 e. The Morgan fingerprint density at radius 2 is 2.10 bits per heavy atom. The molecule has 6 nitrogen and oxygen atoms in total. The smallest absolute Gasteiger partial charge is 0.290 e. The van der Waals surface area contributed by atoms with Crippen LogP contribution in [-0.2, 0) is 11.4 Å². The van der Waals surface area contributed by atoms with Gasteiger partial charge in [0.15, 0.2) is 5.69 Å². The summed E-state index contributed by atoms with van der Waals surface area (Å²) in [5.74, 6) is 0.0761. The fraction of sp³-hybridized carbons (Fsp3) is 0.0714. The molecule has 6 heteroatoms. The van der Waals surface area contributed by atoms with Crippen LogP contribution in [0.25, 0.3) is 5.78 Å². The molecule has 3 aromatic rings. The lowest BCUT2D eigenvalue weighted by Crippen LogP contribution is -2.23. The highest BCUT2D eigenvalue weighted by Crippen LogP contribution is 2.03. The van der Waals surface area contributed by atoms with Gasteiger partial charge in [0.1, 0.15) is 0 Å². The van der Waals surface area contributed by atoms with Gasteiger partial charge in [-0.3, -0.25) is 14.0 Å². The van der Waals surface area contributed by atoms with E-state index in [4.69, 9.17) is 4.84 Å². The number of fused-ring (bicyclic) bond motifs is 1. The Morgan fingerprint density at radius 3 is 2.90 bits per heavy atom. The van der Waals surface area contributed by atoms with Crippen LogP contribution in [0.5, 0.6) is 0 Å². The molecule has 1 N–H and O–H groups in total. The van der Waals surface area contributed by atoms with Crippen molar-refractivity contribution < 1.29 is 9.63 Å². The Bertz CT molecular complexity index is 691. The maximum absolute atomic E-state index is 11.9. The number of hydroxylamine groups is 1. The van der Waals surface area contributed by atoms with Crippen molar-refractivity contribution in [2.24, 2.45) is 0 Å². The van der Waals surface area contributed by atoms with Crippen LogP contribution < -0.4 is 5.48 Å². The van der Waals surface area contributed by atoms with Crippen LogP contribution in [0.15, 0.2) is 55.0 Å². The molecule has 3 rings (SSSR count). The minimum Gasteiger partial charge on any atom is -0.290 e. The zero-order chi connectivity index (χ0) is 13.8. The summed E-state index contributed by atoms with van der Waals surface area (Å²) >= 11 is 0. The van der Waals surface area contributed by atoms with Crippen LogP contribution in [0.4, 0.5) is 0 Å². The van der Waals surface area contributed by atoms with Crippen molar-refractivity contribution in [2.45, 2.75) is 6.61 Å². The number of amides is 1. The van der Waals surface area contributed by atoms with Crippen LogP contribution in [0.3, 0.4) is 0 Å². The molecule has 2 aromatic heterocycles. The molecule has 0 aliphatic heterocycles. The molecular formula is C14H12N4O2. The molecule has 100 valence electrons. The van der Waals surface area contributed by atoms with Crippen molar-refractivity contribution in [1.82, 2.24) is 19.8 Å². The van der Waals surface area contributed by atoms with E-state index in [2.05, 4.69) is 15.4 Å². The SMILES string of the molecule is O=C(NOCc1ccccc1)c1cn2cccnc2n1. The van der Waals surface area contributed by atoms with Gasteiger partial charge in [-0.15, -0.1) is 0 Å². The molecule has 0 atom stereocenters. The molecule has 0 saturated carbocycles. The molecule has 0 saturated heterocycles. The molecule has 0 aliphatic carbocycles. The van der Waals surface area contributed by atoms with Crippen molar-refractivity contribution >= 4 is 11.7 Å². The number of aromatic nitrogens is 3. The van der Waals surface area contributed by atoms with Crippen LogP contribution in [0, 0.1) is 0 Å². The number of hydrogen-bond acceptors (Lipinski definition) is 4. The van der Waals surface area contributed by atoms with Crippen LogP contribution in [0.1, 0.15) is 16.1 Å². The normalized spacial score (nSPS) is 10.6. The predicted octanol–water partition coefficient (Wildman–Crippen LogP) is 1.59. The van der Waals surface area contributed by atoms with Gasteiger partial charge in [-0.1, -0.05) is 30.3 Å². The van der Waals surface area contributed by atoms with E-state index in [0.717, 1.165) is 5.56 Å². The minimum absolute atomic E-state index is 0.261. The molecule has 0 aliphatic rings. The Kier molecular flexibility index (Phi) is 3.38. The zero-order valence-electron chi connectivity index (χ0n) is 10.6. The second-order valence-corrected chi connectivity index (χ2v) is 4.16. The summed E-state index contributed by atoms with van der Waals surface area (Å²) in [5.41, 5.74) is 3.60. The van der Waals surface area contributed by atoms with E-state index in [-0.39, 0.29) is 5.69 Å². The fourth-order valence-electron chi connectivity index (χ4n) is 1.75. The second-order valence-electron chi connectivity index (χ2n) is 4.16. The number of rotatable bonds is 4. The summed E-state index contributed by atoms with van der Waals surface area (Å²) in [5, 5.41) is 0. The summed E-state index contributed by atoms with van der Waals surface area (Å²) in [7, 11) is 0. The van der Waals surface area contributed by atoms with E-state index >= 15 is 0 Å². The first-order chi connectivity index (χ1) is 9.83. The number of hydrogen-bond donors (Lipinski definition) is 1. The average Bonchev–Trinajstić information content (AvgIpc) is 2.92. The van der Waals surface area contributed by atoms with Gasteiger partial charge < -0.3 is 0 Å². The number of benzene rings is 1. The number of carbonyl (C=O) groups is 1. The highest BCUT2D eigenvalue weighted by molar-refractivity contribution is 5.91. The fourth-order valence-corrected chi connectivity index (χ4v) is 1.75. The number of imidazole rings is 1. The van der Waals surface area contributed by atoms with Crippen LogP contribution in [0.2, 0.25) is 0 Å². The monoisotopic (exact) mass is 268 g/mol. The highest BCUT2D eigenvalue weighted by Gasteiger charge is 2.10. The third kappa shape index (κ3) is 2.65. The predicted molar refractivity (Wildman–Crippen MR) is 71.7 cm³/mol. The molecule has 1 aromatic carbocycles. The lowest BCUT2D eigenvalue weighted by molar-refractivity contribution is 0.0230. The topological polar surface area (TPSA) is 68.5 Å². The number of nitrogens with one attached hydrogen (secondary N) is 1. The van der Waals surface area contributed by atoms with Crippen molar-refractivity contribution in [3.8, 4) is 0 Å². The van der Waals surface area contributed by atoms with E-state index in [1.54, 1.807) is 29.1 Å². The average molecular weight is 268 g/mol. The standard InChI is InChI=1S/C14H12N4O2/c19-13(17-20-10-11-5-2-1-3-6-11)12-9-18-8-4-7-15-14(18)16-12/h1-9H,10H2,(H,17,19). The molecule has 0 unspecified atom stereocenters. The van der Waals surface area contributed by atoms with E-state index < -0.39 is 5.91 Å². The van der Waals surface area contributed by atoms with E-state index in [0.29, 0.717) is 12.4 Å². The molecular weight excluding hydrogens is 256 g/mol. The van der Waals surface area contributed by atoms with Crippen molar-refractivity contribution in [3.63, 3.8) is 0 Å². The Balaban J connectivity index is 1.61. The lowest BCUT2D eigenvalue weighted by Gasteiger charge is -2.03. The van der Waals surface area contributed by atoms with Crippen molar-refractivity contribution in [3.05, 3.63) is 66.2 Å². The maximum atomic E-state index is 11.9. The Morgan fingerprint density at radius 1 is 1.25 bits per heavy atom. The van der Waals surface area contributed by atoms with Gasteiger partial charge in [0.2, 0.25) is 5.78 Å². The van der Waals surface area contributed by atoms with E-state index in [1.165, 1.54) is 0 Å². The first-order valence-corrected chi connectivity index (χ1v) is 6.09. The summed E-state index contributed by atoms with van der Waals surface area (Å²) in [4.78, 5) is 25.2. The summed E-state index contributed by atoms with van der Waals surface area (Å²) in [6.07, 6.45) is 5.00. The zero-order valence-corrected chi connectivity index (χ0v) is 10.6. The second kappa shape index (κ2) is 5.50. The third-order valence-electron chi connectivity index (χ3n) is 2.71. The van der Waals surface area contributed by atoms with Gasteiger partial charge in [0, 0.05) is 18.6 Å². The molecule has 2 heterocycles. The lowest BCUT2D eigenvalue weighted by atomic mass is 10.2. The summed E-state index contributed by atoms with van der Waals surface area (Å²) < 4.78 is 1.67. The van der Waals surface area contributed by atoms with Gasteiger partial charge in [0.05, 0.1) is 6.61 Å². The quantitative estimate of drug-likeness (QED) is 0.730. The summed E-state index contributed by atoms with van der Waals surface area (Å²) in [6.45, 7) is 0.304. The van der Waals surface area contributed by atoms with Crippen LogP contribution in [-0.4, -0.2) is 20.3 Å². The molecule has 1 amide bonds. The molecule has 0 spiro atoms. The van der Waals surface area contributed by atoms with Gasteiger partial charge in [-0.05, 0) is 11.6 Å². The first-order valence-electron chi connectivity index (χ1n) is 6.09. The largest absolute Gasteiger partial charge is 0.295 e. The third-order valence-corrected chi connectivity index (χ3v) is 2.71.